The van der Waals surface area contributed by atoms with Crippen molar-refractivity contribution in [3.8, 4) is 0 Å². The first-order valence-electron chi connectivity index (χ1n) is 5.61. The molecule has 0 fully saturated rings. The lowest BCUT2D eigenvalue weighted by molar-refractivity contribution is 0.163. The lowest BCUT2D eigenvalue weighted by Crippen LogP contribution is -2.30. The largest absolute Gasteiger partial charge is 0.361 e. The monoisotopic (exact) mass is 257 g/mol. The summed E-state index contributed by atoms with van der Waals surface area (Å²) in [5, 5.41) is 0. The second kappa shape index (κ2) is 6.74. The molecule has 17 heavy (non-hydrogen) atoms. The fourth-order valence-corrected chi connectivity index (χ4v) is 2.67. The van der Waals surface area contributed by atoms with Gasteiger partial charge in [-0.3, -0.25) is 0 Å². The Bertz CT molecular complexity index is 417. The molecule has 0 aliphatic rings. The molecular formula is C12H19NO3S. The fourth-order valence-electron chi connectivity index (χ4n) is 1.35. The third-order valence-corrected chi connectivity index (χ3v) is 3.83. The molecule has 0 spiro atoms. The maximum atomic E-state index is 11.6. The first kappa shape index (κ1) is 14.2. The van der Waals surface area contributed by atoms with Gasteiger partial charge in [-0.1, -0.05) is 37.3 Å². The van der Waals surface area contributed by atoms with Gasteiger partial charge in [-0.05, 0) is 12.0 Å². The van der Waals surface area contributed by atoms with Crippen LogP contribution >= 0.6 is 0 Å². The highest BCUT2D eigenvalue weighted by Crippen LogP contribution is 2.03. The van der Waals surface area contributed by atoms with Crippen LogP contribution < -0.4 is 5.73 Å². The average Bonchev–Trinajstić information content (AvgIpc) is 2.29. The molecule has 0 radical (unpaired) electrons. The molecular weight excluding hydrogens is 238 g/mol. The summed E-state index contributed by atoms with van der Waals surface area (Å²) >= 11 is 0. The summed E-state index contributed by atoms with van der Waals surface area (Å²) in [6, 6.07) is 9.16. The van der Waals surface area contributed by atoms with E-state index in [1.54, 1.807) is 0 Å². The highest BCUT2D eigenvalue weighted by Gasteiger charge is 2.15. The van der Waals surface area contributed by atoms with Crippen molar-refractivity contribution in [1.82, 2.24) is 0 Å². The Balaban J connectivity index is 2.36. The van der Waals surface area contributed by atoms with Crippen LogP contribution in [0.1, 0.15) is 18.9 Å². The Labute approximate surface area is 103 Å². The van der Waals surface area contributed by atoms with Crippen molar-refractivity contribution in [3.63, 3.8) is 0 Å². The standard InChI is InChI=1S/C12H19NO3S/c1-2-12(13)9-17(14,15)10-16-8-11-6-4-3-5-7-11/h3-7,12H,2,8-10,13H2,1H3. The first-order valence-corrected chi connectivity index (χ1v) is 7.43. The van der Waals surface area contributed by atoms with Crippen molar-refractivity contribution in [1.29, 1.82) is 0 Å². The summed E-state index contributed by atoms with van der Waals surface area (Å²) in [5.41, 5.74) is 6.57. The maximum Gasteiger partial charge on any atom is 0.175 e. The summed E-state index contributed by atoms with van der Waals surface area (Å²) < 4.78 is 28.4. The van der Waals surface area contributed by atoms with Crippen molar-refractivity contribution in [2.75, 3.05) is 11.7 Å². The number of rotatable bonds is 7. The molecule has 1 unspecified atom stereocenters. The summed E-state index contributed by atoms with van der Waals surface area (Å²) in [5.74, 6) is -0.284. The molecule has 0 heterocycles. The van der Waals surface area contributed by atoms with Crippen molar-refractivity contribution in [2.45, 2.75) is 26.0 Å². The van der Waals surface area contributed by atoms with E-state index in [0.29, 0.717) is 13.0 Å². The van der Waals surface area contributed by atoms with Gasteiger partial charge < -0.3 is 10.5 Å². The van der Waals surface area contributed by atoms with Gasteiger partial charge in [0.25, 0.3) is 0 Å². The molecule has 0 aromatic heterocycles. The van der Waals surface area contributed by atoms with E-state index < -0.39 is 9.84 Å². The van der Waals surface area contributed by atoms with E-state index in [9.17, 15) is 8.42 Å². The van der Waals surface area contributed by atoms with Gasteiger partial charge in [-0.15, -0.1) is 0 Å². The van der Waals surface area contributed by atoms with Crippen LogP contribution in [0.25, 0.3) is 0 Å². The Morgan fingerprint density at radius 3 is 2.53 bits per heavy atom. The van der Waals surface area contributed by atoms with E-state index in [4.69, 9.17) is 10.5 Å². The van der Waals surface area contributed by atoms with Gasteiger partial charge in [-0.2, -0.15) is 0 Å². The summed E-state index contributed by atoms with van der Waals surface area (Å²) in [4.78, 5) is 0. The molecule has 0 saturated heterocycles. The number of benzene rings is 1. The minimum absolute atomic E-state index is 0.0156. The second-order valence-corrected chi connectivity index (χ2v) is 6.09. The molecule has 5 heteroatoms. The van der Waals surface area contributed by atoms with Gasteiger partial charge in [0.05, 0.1) is 12.4 Å². The average molecular weight is 257 g/mol. The fraction of sp³-hybridized carbons (Fsp3) is 0.500. The smallest absolute Gasteiger partial charge is 0.175 e. The molecule has 1 aromatic carbocycles. The first-order chi connectivity index (χ1) is 8.03. The van der Waals surface area contributed by atoms with Gasteiger partial charge in [0.1, 0.15) is 5.94 Å². The van der Waals surface area contributed by atoms with Crippen LogP contribution in [-0.4, -0.2) is 26.2 Å². The molecule has 4 nitrogen and oxygen atoms in total. The molecule has 1 rings (SSSR count). The van der Waals surface area contributed by atoms with Crippen LogP contribution in [0.5, 0.6) is 0 Å². The molecule has 0 bridgehead atoms. The summed E-state index contributed by atoms with van der Waals surface area (Å²) in [6.07, 6.45) is 0.651. The van der Waals surface area contributed by atoms with E-state index in [1.165, 1.54) is 0 Å². The third-order valence-electron chi connectivity index (χ3n) is 2.37. The SMILES string of the molecule is CCC(N)CS(=O)(=O)COCc1ccccc1. The molecule has 96 valence electrons. The van der Waals surface area contributed by atoms with Crippen molar-refractivity contribution in [3.05, 3.63) is 35.9 Å². The quantitative estimate of drug-likeness (QED) is 0.799. The van der Waals surface area contributed by atoms with E-state index in [2.05, 4.69) is 0 Å². The minimum Gasteiger partial charge on any atom is -0.361 e. The van der Waals surface area contributed by atoms with Crippen molar-refractivity contribution < 1.29 is 13.2 Å². The molecule has 1 atom stereocenters. The van der Waals surface area contributed by atoms with Gasteiger partial charge in [0.2, 0.25) is 0 Å². The summed E-state index contributed by atoms with van der Waals surface area (Å²) in [7, 11) is -3.21. The maximum absolute atomic E-state index is 11.6. The Kier molecular flexibility index (Phi) is 5.61. The zero-order valence-electron chi connectivity index (χ0n) is 10.0. The van der Waals surface area contributed by atoms with Gasteiger partial charge in [0.15, 0.2) is 9.84 Å². The van der Waals surface area contributed by atoms with Crippen LogP contribution in [0.2, 0.25) is 0 Å². The molecule has 2 N–H and O–H groups in total. The zero-order chi connectivity index (χ0) is 12.7. The molecule has 0 saturated carbocycles. The summed E-state index contributed by atoms with van der Waals surface area (Å²) in [6.45, 7) is 2.17. The lowest BCUT2D eigenvalue weighted by Gasteiger charge is -2.10. The number of hydrogen-bond donors (Lipinski definition) is 1. The topological polar surface area (TPSA) is 69.4 Å². The van der Waals surface area contributed by atoms with Gasteiger partial charge in [-0.25, -0.2) is 8.42 Å². The number of sulfone groups is 1. The lowest BCUT2D eigenvalue weighted by atomic mass is 10.2. The normalized spacial score (nSPS) is 13.5. The highest BCUT2D eigenvalue weighted by atomic mass is 32.2. The van der Waals surface area contributed by atoms with E-state index >= 15 is 0 Å². The van der Waals surface area contributed by atoms with E-state index in [1.807, 2.05) is 37.3 Å². The Hall–Kier alpha value is -0.910. The van der Waals surface area contributed by atoms with E-state index in [-0.39, 0.29) is 17.7 Å². The van der Waals surface area contributed by atoms with Crippen LogP contribution in [0.4, 0.5) is 0 Å². The second-order valence-electron chi connectivity index (χ2n) is 4.03. The van der Waals surface area contributed by atoms with Crippen LogP contribution in [0.15, 0.2) is 30.3 Å². The van der Waals surface area contributed by atoms with Gasteiger partial charge >= 0.3 is 0 Å². The van der Waals surface area contributed by atoms with Crippen LogP contribution in [0, 0.1) is 0 Å². The van der Waals surface area contributed by atoms with Crippen molar-refractivity contribution >= 4 is 9.84 Å². The van der Waals surface area contributed by atoms with Gasteiger partial charge in [0, 0.05) is 6.04 Å². The predicted octanol–water partition coefficient (Wildman–Crippen LogP) is 1.31. The van der Waals surface area contributed by atoms with Crippen LogP contribution in [0.3, 0.4) is 0 Å². The van der Waals surface area contributed by atoms with Crippen molar-refractivity contribution in [2.24, 2.45) is 5.73 Å². The molecule has 0 amide bonds. The number of hydrogen-bond acceptors (Lipinski definition) is 4. The number of ether oxygens (including phenoxy) is 1. The molecule has 0 aliphatic heterocycles. The minimum atomic E-state index is -3.21. The molecule has 0 aliphatic carbocycles. The van der Waals surface area contributed by atoms with Crippen LogP contribution in [-0.2, 0) is 21.2 Å². The van der Waals surface area contributed by atoms with E-state index in [0.717, 1.165) is 5.56 Å². The zero-order valence-corrected chi connectivity index (χ0v) is 10.8. The predicted molar refractivity (Wildman–Crippen MR) is 68.2 cm³/mol. The molecule has 1 aromatic rings. The Morgan fingerprint density at radius 2 is 1.94 bits per heavy atom. The third kappa shape index (κ3) is 5.81. The number of nitrogens with two attached hydrogens (primary N) is 1. The highest BCUT2D eigenvalue weighted by molar-refractivity contribution is 7.91. The Morgan fingerprint density at radius 1 is 1.29 bits per heavy atom.